The summed E-state index contributed by atoms with van der Waals surface area (Å²) < 4.78 is 7.40. The fourth-order valence-corrected chi connectivity index (χ4v) is 3.16. The van der Waals surface area contributed by atoms with E-state index in [4.69, 9.17) is 4.74 Å². The molecule has 1 amide bonds. The van der Waals surface area contributed by atoms with Crippen molar-refractivity contribution in [3.05, 3.63) is 84.2 Å². The Balaban J connectivity index is 1.67. The minimum absolute atomic E-state index is 0.0122. The van der Waals surface area contributed by atoms with E-state index >= 15 is 0 Å². The van der Waals surface area contributed by atoms with Crippen LogP contribution in [0, 0.1) is 0 Å². The van der Waals surface area contributed by atoms with Gasteiger partial charge in [0.25, 0.3) is 0 Å². The Morgan fingerprint density at radius 2 is 1.79 bits per heavy atom. The maximum atomic E-state index is 12.7. The molecule has 2 aromatic carbocycles. The summed E-state index contributed by atoms with van der Waals surface area (Å²) in [7, 11) is 5.67. The van der Waals surface area contributed by atoms with E-state index in [2.05, 4.69) is 26.9 Å². The van der Waals surface area contributed by atoms with Gasteiger partial charge in [0, 0.05) is 38.7 Å². The highest BCUT2D eigenvalue weighted by Crippen LogP contribution is 2.25. The molecule has 3 rings (SSSR count). The number of amides is 1. The van der Waals surface area contributed by atoms with Gasteiger partial charge in [-0.3, -0.25) is 4.79 Å². The highest BCUT2D eigenvalue weighted by atomic mass is 16.5. The molecule has 0 aliphatic rings. The van der Waals surface area contributed by atoms with Crippen LogP contribution in [0.4, 0.5) is 5.69 Å². The summed E-state index contributed by atoms with van der Waals surface area (Å²) in [4.78, 5) is 14.7. The van der Waals surface area contributed by atoms with Crippen LogP contribution in [-0.4, -0.2) is 31.7 Å². The maximum Gasteiger partial charge on any atom is 0.222 e. The summed E-state index contributed by atoms with van der Waals surface area (Å²) >= 11 is 0. The van der Waals surface area contributed by atoms with Crippen LogP contribution in [0.5, 0.6) is 5.75 Å². The zero-order chi connectivity index (χ0) is 19.9. The summed E-state index contributed by atoms with van der Waals surface area (Å²) in [6.07, 6.45) is 4.33. The van der Waals surface area contributed by atoms with Crippen molar-refractivity contribution >= 4 is 11.6 Å². The molecule has 0 unspecified atom stereocenters. The van der Waals surface area contributed by atoms with Gasteiger partial charge in [-0.15, -0.1) is 0 Å². The molecule has 0 bridgehead atoms. The zero-order valence-corrected chi connectivity index (χ0v) is 16.6. The predicted molar refractivity (Wildman–Crippen MR) is 113 cm³/mol. The molecule has 0 aliphatic carbocycles. The normalized spacial score (nSPS) is 11.7. The summed E-state index contributed by atoms with van der Waals surface area (Å²) in [6, 6.07) is 19.9. The number of hydrogen-bond donors (Lipinski definition) is 1. The Bertz CT molecular complexity index is 886. The average molecular weight is 377 g/mol. The van der Waals surface area contributed by atoms with Gasteiger partial charge in [-0.1, -0.05) is 24.3 Å². The van der Waals surface area contributed by atoms with Gasteiger partial charge in [0.15, 0.2) is 0 Å². The minimum atomic E-state index is -0.0822. The van der Waals surface area contributed by atoms with Crippen LogP contribution in [0.2, 0.25) is 0 Å². The molecule has 0 fully saturated rings. The Labute approximate surface area is 166 Å². The van der Waals surface area contributed by atoms with Gasteiger partial charge in [0.2, 0.25) is 5.91 Å². The van der Waals surface area contributed by atoms with E-state index in [-0.39, 0.29) is 11.9 Å². The van der Waals surface area contributed by atoms with Gasteiger partial charge in [-0.05, 0) is 47.5 Å². The number of carbonyl (C=O) groups excluding carboxylic acids is 1. The minimum Gasteiger partial charge on any atom is -0.497 e. The Morgan fingerprint density at radius 3 is 2.43 bits per heavy atom. The van der Waals surface area contributed by atoms with Crippen LogP contribution in [-0.2, 0) is 11.3 Å². The topological polar surface area (TPSA) is 46.5 Å². The molecule has 1 aromatic heterocycles. The lowest BCUT2D eigenvalue weighted by atomic mass is 10.0. The zero-order valence-electron chi connectivity index (χ0n) is 16.6. The molecule has 1 atom stereocenters. The second kappa shape index (κ2) is 9.13. The molecule has 3 aromatic rings. The molecule has 0 saturated heterocycles. The van der Waals surface area contributed by atoms with Gasteiger partial charge in [-0.2, -0.15) is 0 Å². The van der Waals surface area contributed by atoms with Crippen LogP contribution in [0.1, 0.15) is 23.6 Å². The average Bonchev–Trinajstić information content (AvgIpc) is 3.25. The third-order valence-electron chi connectivity index (χ3n) is 4.79. The van der Waals surface area contributed by atoms with E-state index in [9.17, 15) is 4.79 Å². The van der Waals surface area contributed by atoms with E-state index in [1.54, 1.807) is 7.11 Å². The predicted octanol–water partition coefficient (Wildman–Crippen LogP) is 3.86. The second-order valence-electron chi connectivity index (χ2n) is 6.96. The molecule has 5 heteroatoms. The number of carbonyl (C=O) groups is 1. The monoisotopic (exact) mass is 377 g/mol. The third kappa shape index (κ3) is 4.94. The number of nitrogens with one attached hydrogen (secondary N) is 1. The molecular formula is C23H27N3O2. The number of nitrogens with zero attached hydrogens (tertiary/aromatic N) is 2. The standard InChI is InChI=1S/C23H27N3O2/c1-25(2)20-11-9-18(10-12-20)17-24-23(27)16-22(26-13-4-5-14-26)19-7-6-8-21(15-19)28-3/h4-15,22H,16-17H2,1-3H3,(H,24,27)/t22-/m1/s1. The van der Waals surface area contributed by atoms with Gasteiger partial charge >= 0.3 is 0 Å². The van der Waals surface area contributed by atoms with Crippen molar-refractivity contribution in [3.8, 4) is 5.75 Å². The van der Waals surface area contributed by atoms with Crippen molar-refractivity contribution < 1.29 is 9.53 Å². The van der Waals surface area contributed by atoms with Crippen molar-refractivity contribution in [1.82, 2.24) is 9.88 Å². The number of rotatable bonds is 8. The first kappa shape index (κ1) is 19.5. The Hall–Kier alpha value is -3.21. The lowest BCUT2D eigenvalue weighted by Gasteiger charge is -2.20. The highest BCUT2D eigenvalue weighted by Gasteiger charge is 2.18. The van der Waals surface area contributed by atoms with E-state index in [0.29, 0.717) is 13.0 Å². The Morgan fingerprint density at radius 1 is 1.07 bits per heavy atom. The smallest absolute Gasteiger partial charge is 0.222 e. The maximum absolute atomic E-state index is 12.7. The van der Waals surface area contributed by atoms with Crippen molar-refractivity contribution in [2.24, 2.45) is 0 Å². The van der Waals surface area contributed by atoms with Crippen molar-refractivity contribution in [1.29, 1.82) is 0 Å². The van der Waals surface area contributed by atoms with Gasteiger partial charge in [0.1, 0.15) is 5.75 Å². The summed E-state index contributed by atoms with van der Waals surface area (Å²) in [5.74, 6) is 0.800. The number of methoxy groups -OCH3 is 1. The largest absolute Gasteiger partial charge is 0.497 e. The number of benzene rings is 2. The highest BCUT2D eigenvalue weighted by molar-refractivity contribution is 5.77. The molecule has 0 spiro atoms. The number of aromatic nitrogens is 1. The van der Waals surface area contributed by atoms with E-state index in [1.807, 2.05) is 75.0 Å². The molecule has 0 saturated carbocycles. The van der Waals surface area contributed by atoms with E-state index in [0.717, 1.165) is 22.6 Å². The van der Waals surface area contributed by atoms with E-state index < -0.39 is 0 Å². The first-order valence-electron chi connectivity index (χ1n) is 9.36. The summed E-state index contributed by atoms with van der Waals surface area (Å²) in [5.41, 5.74) is 3.26. The van der Waals surface area contributed by atoms with E-state index in [1.165, 1.54) is 0 Å². The van der Waals surface area contributed by atoms with Gasteiger partial charge < -0.3 is 19.5 Å². The molecule has 1 N–H and O–H groups in total. The quantitative estimate of drug-likeness (QED) is 0.648. The second-order valence-corrected chi connectivity index (χ2v) is 6.96. The SMILES string of the molecule is COc1cccc([C@@H](CC(=O)NCc2ccc(N(C)C)cc2)n2cccc2)c1. The molecule has 28 heavy (non-hydrogen) atoms. The van der Waals surface area contributed by atoms with Crippen LogP contribution < -0.4 is 15.0 Å². The Kier molecular flexibility index (Phi) is 6.37. The van der Waals surface area contributed by atoms with Crippen LogP contribution in [0.25, 0.3) is 0 Å². The lowest BCUT2D eigenvalue weighted by molar-refractivity contribution is -0.121. The molecule has 0 aliphatic heterocycles. The van der Waals surface area contributed by atoms with Gasteiger partial charge in [0.05, 0.1) is 19.6 Å². The molecule has 146 valence electrons. The van der Waals surface area contributed by atoms with Crippen molar-refractivity contribution in [3.63, 3.8) is 0 Å². The van der Waals surface area contributed by atoms with Crippen LogP contribution >= 0.6 is 0 Å². The fourth-order valence-electron chi connectivity index (χ4n) is 3.16. The lowest BCUT2D eigenvalue weighted by Crippen LogP contribution is -2.26. The third-order valence-corrected chi connectivity index (χ3v) is 4.79. The summed E-state index contributed by atoms with van der Waals surface area (Å²) in [6.45, 7) is 0.517. The number of hydrogen-bond acceptors (Lipinski definition) is 3. The van der Waals surface area contributed by atoms with Crippen LogP contribution in [0.15, 0.2) is 73.1 Å². The molecule has 1 heterocycles. The number of ether oxygens (including phenoxy) is 1. The first-order valence-corrected chi connectivity index (χ1v) is 9.36. The van der Waals surface area contributed by atoms with Gasteiger partial charge in [-0.25, -0.2) is 0 Å². The van der Waals surface area contributed by atoms with Crippen LogP contribution in [0.3, 0.4) is 0 Å². The van der Waals surface area contributed by atoms with Crippen molar-refractivity contribution in [2.75, 3.05) is 26.1 Å². The molecule has 0 radical (unpaired) electrons. The molecule has 5 nitrogen and oxygen atoms in total. The number of anilines is 1. The van der Waals surface area contributed by atoms with Crippen molar-refractivity contribution in [2.45, 2.75) is 19.0 Å². The first-order chi connectivity index (χ1) is 13.6. The fraction of sp³-hybridized carbons (Fsp3) is 0.261. The molecular weight excluding hydrogens is 350 g/mol. The summed E-state index contributed by atoms with van der Waals surface area (Å²) in [5, 5.41) is 3.04.